The van der Waals surface area contributed by atoms with Crippen molar-refractivity contribution in [3.05, 3.63) is 23.8 Å². The predicted molar refractivity (Wildman–Crippen MR) is 40.6 cm³/mol. The number of nitrogens with two attached hydrogens (primary N) is 1. The molecule has 1 aromatic rings. The maximum absolute atomic E-state index is 7.88. The summed E-state index contributed by atoms with van der Waals surface area (Å²) in [6.07, 6.45) is -5.69. The minimum absolute atomic E-state index is 0.362. The first-order chi connectivity index (χ1) is 8.00. The summed E-state index contributed by atoms with van der Waals surface area (Å²) in [5.41, 5.74) is 4.77. The van der Waals surface area contributed by atoms with Gasteiger partial charge in [-0.3, -0.25) is 0 Å². The van der Waals surface area contributed by atoms with E-state index < -0.39 is 42.5 Å². The number of pyridine rings is 1. The van der Waals surface area contributed by atoms with Gasteiger partial charge in [-0.25, -0.2) is 4.98 Å². The fourth-order valence-corrected chi connectivity index (χ4v) is 0.573. The third-order valence-electron chi connectivity index (χ3n) is 1.10. The van der Waals surface area contributed by atoms with Gasteiger partial charge in [-0.2, -0.15) is 0 Å². The molecule has 1 saturated carbocycles. The molecule has 1 fully saturated rings. The first-order valence-corrected chi connectivity index (χ1v) is 2.74. The molecule has 10 heavy (non-hydrogen) atoms. The smallest absolute Gasteiger partial charge is 0.123 e. The van der Waals surface area contributed by atoms with Gasteiger partial charge in [0.05, 0.1) is 4.11 Å². The molecule has 0 atom stereocenters. The van der Waals surface area contributed by atoms with E-state index in [-0.39, 0.29) is 5.82 Å². The van der Waals surface area contributed by atoms with Crippen LogP contribution in [-0.4, -0.2) is 4.98 Å². The minimum atomic E-state index is -2.53. The van der Waals surface area contributed by atoms with Crippen LogP contribution in [0.5, 0.6) is 0 Å². The van der Waals surface area contributed by atoms with E-state index in [0.717, 1.165) is 0 Å². The maximum atomic E-state index is 7.88. The van der Waals surface area contributed by atoms with E-state index in [1.807, 2.05) is 0 Å². The molecule has 2 nitrogen and oxygen atoms in total. The number of nitrogen functional groups attached to an aromatic ring is 1. The number of aromatic nitrogens is 1. The Morgan fingerprint density at radius 3 is 3.30 bits per heavy atom. The van der Waals surface area contributed by atoms with Gasteiger partial charge >= 0.3 is 0 Å². The molecule has 0 aliphatic heterocycles. The highest BCUT2D eigenvalue weighted by Gasteiger charge is 2.23. The molecule has 1 aliphatic carbocycles. The van der Waals surface area contributed by atoms with Crippen LogP contribution in [0.4, 0.5) is 5.82 Å². The molecular formula is C8H10N2. The Morgan fingerprint density at radius 2 is 2.60 bits per heavy atom. The van der Waals surface area contributed by atoms with Crippen molar-refractivity contribution in [1.82, 2.24) is 4.98 Å². The lowest BCUT2D eigenvalue weighted by molar-refractivity contribution is 1.10. The summed E-state index contributed by atoms with van der Waals surface area (Å²) in [5.74, 6) is -2.76. The second-order valence-electron chi connectivity index (χ2n) is 1.86. The first-order valence-electron chi connectivity index (χ1n) is 6.74. The van der Waals surface area contributed by atoms with E-state index >= 15 is 0 Å². The van der Waals surface area contributed by atoms with Crippen LogP contribution in [0.25, 0.3) is 0 Å². The van der Waals surface area contributed by atoms with Gasteiger partial charge in [0.25, 0.3) is 0 Å². The lowest BCUT2D eigenvalue weighted by Crippen LogP contribution is -1.89. The molecule has 0 aromatic carbocycles. The van der Waals surface area contributed by atoms with Gasteiger partial charge in [-0.15, -0.1) is 0 Å². The summed E-state index contributed by atoms with van der Waals surface area (Å²) in [5, 5.41) is 0. The highest BCUT2D eigenvalue weighted by molar-refractivity contribution is 5.32. The molecular weight excluding hydrogens is 124 g/mol. The number of hydrogen-bond acceptors (Lipinski definition) is 2. The van der Waals surface area contributed by atoms with Crippen LogP contribution in [0, 0.1) is 0 Å². The van der Waals surface area contributed by atoms with Gasteiger partial charge in [0.2, 0.25) is 0 Å². The summed E-state index contributed by atoms with van der Waals surface area (Å²) >= 11 is 0. The monoisotopic (exact) mass is 142 g/mol. The zero-order valence-electron chi connectivity index (χ0n) is 13.0. The van der Waals surface area contributed by atoms with Crippen molar-refractivity contribution < 1.29 is 11.0 Å². The summed E-state index contributed by atoms with van der Waals surface area (Å²) in [7, 11) is 0. The number of rotatable bonds is 1. The topological polar surface area (TPSA) is 38.9 Å². The van der Waals surface area contributed by atoms with Crippen LogP contribution in [0.1, 0.15) is 35.2 Å². The molecule has 0 bridgehead atoms. The van der Waals surface area contributed by atoms with Gasteiger partial charge in [-0.05, 0) is 30.2 Å². The second-order valence-corrected chi connectivity index (χ2v) is 1.86. The average Bonchev–Trinajstić information content (AvgIpc) is 2.54. The van der Waals surface area contributed by atoms with Gasteiger partial charge in [0.15, 0.2) is 0 Å². The SMILES string of the molecule is [2H]c1nc(N)c([2H])c([2H])c1C1([2H])C([2H])([2H])C1([2H])[2H]. The van der Waals surface area contributed by atoms with E-state index in [0.29, 0.717) is 0 Å². The first kappa shape index (κ1) is 1.76. The van der Waals surface area contributed by atoms with E-state index in [2.05, 4.69) is 4.98 Å². The second kappa shape index (κ2) is 1.97. The number of anilines is 1. The lowest BCUT2D eigenvalue weighted by atomic mass is 10.2. The van der Waals surface area contributed by atoms with Gasteiger partial charge < -0.3 is 5.73 Å². The molecule has 0 unspecified atom stereocenters. The minimum Gasteiger partial charge on any atom is -0.384 e. The van der Waals surface area contributed by atoms with Crippen LogP contribution in [0.15, 0.2) is 18.3 Å². The van der Waals surface area contributed by atoms with Crippen molar-refractivity contribution in [3.63, 3.8) is 0 Å². The Hall–Kier alpha value is -1.05. The van der Waals surface area contributed by atoms with Crippen LogP contribution >= 0.6 is 0 Å². The highest BCUT2D eigenvalue weighted by atomic mass is 14.8. The molecule has 0 radical (unpaired) electrons. The van der Waals surface area contributed by atoms with Crippen LogP contribution in [0.2, 0.25) is 0 Å². The molecule has 2 rings (SSSR count). The summed E-state index contributed by atoms with van der Waals surface area (Å²) in [4.78, 5) is 3.46. The van der Waals surface area contributed by atoms with E-state index in [1.165, 1.54) is 0 Å². The normalized spacial score (nSPS) is 42.0. The zero-order chi connectivity index (χ0) is 14.1. The molecule has 0 saturated heterocycles. The van der Waals surface area contributed by atoms with Crippen molar-refractivity contribution in [3.8, 4) is 0 Å². The van der Waals surface area contributed by atoms with Crippen molar-refractivity contribution in [2.75, 3.05) is 5.73 Å². The molecule has 2 heteroatoms. The highest BCUT2D eigenvalue weighted by Crippen LogP contribution is 2.39. The Labute approximate surface area is 71.3 Å². The van der Waals surface area contributed by atoms with Gasteiger partial charge in [0.1, 0.15) is 5.82 Å². The Bertz CT molecular complexity index is 526. The Balaban J connectivity index is 2.73. The Kier molecular flexibility index (Phi) is 0.346. The number of nitrogens with zero attached hydrogens (tertiary/aromatic N) is 1. The summed E-state index contributed by atoms with van der Waals surface area (Å²) in [6, 6.07) is -1.14. The molecule has 52 valence electrons. The zero-order valence-corrected chi connectivity index (χ0v) is 5.02. The fraction of sp³-hybridized carbons (Fsp3) is 0.375. The van der Waals surface area contributed by atoms with Gasteiger partial charge in [0, 0.05) is 13.0 Å². The third-order valence-corrected chi connectivity index (χ3v) is 1.10. The number of hydrogen-bond donors (Lipinski definition) is 1. The average molecular weight is 142 g/mol. The standard InChI is InChI=1S/C8H10N2/c9-8-4-3-7(5-10-8)6-1-2-6/h3-6H,1-2H2,(H2,9,10)/i1D2,2D2,3D,4D,5D,6D. The molecule has 1 aliphatic rings. The van der Waals surface area contributed by atoms with Crippen LogP contribution in [-0.2, 0) is 0 Å². The fourth-order valence-electron chi connectivity index (χ4n) is 0.573. The van der Waals surface area contributed by atoms with Crippen LogP contribution < -0.4 is 5.73 Å². The maximum Gasteiger partial charge on any atom is 0.123 e. The molecule has 0 amide bonds. The molecule has 2 N–H and O–H groups in total. The van der Waals surface area contributed by atoms with Crippen molar-refractivity contribution >= 4 is 5.82 Å². The molecule has 1 heterocycles. The van der Waals surface area contributed by atoms with Crippen molar-refractivity contribution in [2.45, 2.75) is 18.6 Å². The molecule has 1 aromatic heterocycles. The van der Waals surface area contributed by atoms with Crippen LogP contribution in [0.3, 0.4) is 0 Å². The predicted octanol–water partition coefficient (Wildman–Crippen LogP) is 1.54. The Morgan fingerprint density at radius 1 is 1.80 bits per heavy atom. The summed E-state index contributed by atoms with van der Waals surface area (Å²) in [6.45, 7) is 0. The van der Waals surface area contributed by atoms with Gasteiger partial charge in [-0.1, -0.05) is 6.04 Å². The van der Waals surface area contributed by atoms with E-state index in [4.69, 9.17) is 16.7 Å². The van der Waals surface area contributed by atoms with Crippen molar-refractivity contribution in [1.29, 1.82) is 0 Å². The van der Waals surface area contributed by atoms with Crippen molar-refractivity contribution in [2.24, 2.45) is 0 Å². The van der Waals surface area contributed by atoms with E-state index in [9.17, 15) is 0 Å². The third kappa shape index (κ3) is 0.967. The van der Waals surface area contributed by atoms with E-state index in [1.54, 1.807) is 0 Å². The lowest BCUT2D eigenvalue weighted by Gasteiger charge is -1.95. The summed E-state index contributed by atoms with van der Waals surface area (Å²) < 4.78 is 60.5. The molecule has 0 spiro atoms. The quantitative estimate of drug-likeness (QED) is 0.646. The largest absolute Gasteiger partial charge is 0.384 e.